The van der Waals surface area contributed by atoms with E-state index in [-0.39, 0.29) is 0 Å². The first-order chi connectivity index (χ1) is 14.2. The van der Waals surface area contributed by atoms with Crippen molar-refractivity contribution in [1.82, 2.24) is 5.43 Å². The van der Waals surface area contributed by atoms with Gasteiger partial charge in [0.1, 0.15) is 12.4 Å². The van der Waals surface area contributed by atoms with E-state index < -0.39 is 11.8 Å². The predicted molar refractivity (Wildman–Crippen MR) is 112 cm³/mol. The SMILES string of the molecule is Cc1cccc(COc2ccc(/C=N\NC(=O)[C@H](C#N)c3ccccc3)cc2)c1. The quantitative estimate of drug-likeness (QED) is 0.487. The molecule has 0 aliphatic heterocycles. The van der Waals surface area contributed by atoms with Crippen molar-refractivity contribution in [3.8, 4) is 11.8 Å². The molecule has 3 rings (SSSR count). The Hall–Kier alpha value is -3.91. The Kier molecular flexibility index (Phi) is 6.75. The molecule has 0 spiro atoms. The molecule has 0 aromatic heterocycles. The summed E-state index contributed by atoms with van der Waals surface area (Å²) >= 11 is 0. The molecule has 29 heavy (non-hydrogen) atoms. The fourth-order valence-electron chi connectivity index (χ4n) is 2.78. The molecule has 0 bridgehead atoms. The van der Waals surface area contributed by atoms with E-state index >= 15 is 0 Å². The molecule has 1 N–H and O–H groups in total. The van der Waals surface area contributed by atoms with Crippen molar-refractivity contribution in [3.05, 3.63) is 101 Å². The molecule has 0 saturated carbocycles. The maximum Gasteiger partial charge on any atom is 0.261 e. The summed E-state index contributed by atoms with van der Waals surface area (Å²) in [5.74, 6) is -0.611. The van der Waals surface area contributed by atoms with Gasteiger partial charge < -0.3 is 4.74 Å². The highest BCUT2D eigenvalue weighted by atomic mass is 16.5. The molecule has 3 aromatic rings. The monoisotopic (exact) mass is 383 g/mol. The lowest BCUT2D eigenvalue weighted by Gasteiger charge is -2.08. The van der Waals surface area contributed by atoms with Gasteiger partial charge in [0.25, 0.3) is 5.91 Å². The first kappa shape index (κ1) is 19.8. The second-order valence-electron chi connectivity index (χ2n) is 6.55. The summed E-state index contributed by atoms with van der Waals surface area (Å²) in [7, 11) is 0. The van der Waals surface area contributed by atoms with Crippen molar-refractivity contribution in [1.29, 1.82) is 5.26 Å². The van der Waals surface area contributed by atoms with E-state index in [2.05, 4.69) is 29.6 Å². The molecule has 3 aromatic carbocycles. The largest absolute Gasteiger partial charge is 0.489 e. The molecule has 0 unspecified atom stereocenters. The number of hydrogen-bond acceptors (Lipinski definition) is 4. The van der Waals surface area contributed by atoms with Crippen molar-refractivity contribution in [2.45, 2.75) is 19.4 Å². The average molecular weight is 383 g/mol. The molecule has 0 aliphatic rings. The van der Waals surface area contributed by atoms with Crippen LogP contribution in [0.1, 0.15) is 28.2 Å². The number of nitriles is 1. The molecule has 0 aliphatic carbocycles. The maximum atomic E-state index is 12.2. The molecular weight excluding hydrogens is 362 g/mol. The number of ether oxygens (including phenoxy) is 1. The van der Waals surface area contributed by atoms with Crippen LogP contribution >= 0.6 is 0 Å². The maximum absolute atomic E-state index is 12.2. The topological polar surface area (TPSA) is 74.5 Å². The van der Waals surface area contributed by atoms with Gasteiger partial charge in [-0.1, -0.05) is 60.2 Å². The standard InChI is InChI=1S/C24H21N3O2/c1-18-6-5-7-20(14-18)17-29-22-12-10-19(11-13-22)16-26-27-24(28)23(15-25)21-8-3-2-4-9-21/h2-14,16,23H,17H2,1H3,(H,27,28)/b26-16-/t23-/m1/s1. The molecule has 0 fully saturated rings. The van der Waals surface area contributed by atoms with Crippen LogP contribution in [0.25, 0.3) is 0 Å². The van der Waals surface area contributed by atoms with Crippen molar-refractivity contribution in [2.75, 3.05) is 0 Å². The Morgan fingerprint density at radius 1 is 1.10 bits per heavy atom. The number of aryl methyl sites for hydroxylation is 1. The third-order valence-corrected chi connectivity index (χ3v) is 4.28. The van der Waals surface area contributed by atoms with Crippen molar-refractivity contribution < 1.29 is 9.53 Å². The second kappa shape index (κ2) is 9.86. The minimum Gasteiger partial charge on any atom is -0.489 e. The number of benzene rings is 3. The van der Waals surface area contributed by atoms with Gasteiger partial charge >= 0.3 is 0 Å². The van der Waals surface area contributed by atoms with Gasteiger partial charge in [-0.05, 0) is 47.9 Å². The van der Waals surface area contributed by atoms with E-state index in [0.29, 0.717) is 12.2 Å². The molecule has 1 atom stereocenters. The molecule has 1 amide bonds. The van der Waals surface area contributed by atoms with Gasteiger partial charge in [0.15, 0.2) is 5.92 Å². The summed E-state index contributed by atoms with van der Waals surface area (Å²) in [4.78, 5) is 12.2. The van der Waals surface area contributed by atoms with E-state index in [9.17, 15) is 10.1 Å². The lowest BCUT2D eigenvalue weighted by molar-refractivity contribution is -0.121. The molecule has 5 nitrogen and oxygen atoms in total. The smallest absolute Gasteiger partial charge is 0.261 e. The first-order valence-electron chi connectivity index (χ1n) is 9.21. The third-order valence-electron chi connectivity index (χ3n) is 4.28. The van der Waals surface area contributed by atoms with Crippen LogP contribution in [-0.4, -0.2) is 12.1 Å². The summed E-state index contributed by atoms with van der Waals surface area (Å²) in [5.41, 5.74) is 6.18. The third kappa shape index (κ3) is 5.78. The van der Waals surface area contributed by atoms with Crippen LogP contribution in [0.3, 0.4) is 0 Å². The average Bonchev–Trinajstić information content (AvgIpc) is 2.74. The van der Waals surface area contributed by atoms with E-state index in [1.165, 1.54) is 11.8 Å². The molecule has 144 valence electrons. The Bertz CT molecular complexity index is 1020. The normalized spacial score (nSPS) is 11.6. The van der Waals surface area contributed by atoms with Gasteiger partial charge in [0.2, 0.25) is 0 Å². The number of amides is 1. The van der Waals surface area contributed by atoms with Crippen LogP contribution in [0, 0.1) is 18.3 Å². The number of hydrogen-bond donors (Lipinski definition) is 1. The van der Waals surface area contributed by atoms with E-state index in [4.69, 9.17) is 4.74 Å². The fourth-order valence-corrected chi connectivity index (χ4v) is 2.78. The van der Waals surface area contributed by atoms with Crippen LogP contribution in [-0.2, 0) is 11.4 Å². The number of nitrogens with zero attached hydrogens (tertiary/aromatic N) is 2. The minimum absolute atomic E-state index is 0.465. The van der Waals surface area contributed by atoms with Gasteiger partial charge in [0, 0.05) is 0 Å². The van der Waals surface area contributed by atoms with Gasteiger partial charge in [-0.25, -0.2) is 5.43 Å². The Labute approximate surface area is 170 Å². The van der Waals surface area contributed by atoms with Gasteiger partial charge in [-0.3, -0.25) is 4.79 Å². The van der Waals surface area contributed by atoms with E-state index in [0.717, 1.165) is 16.9 Å². The Balaban J connectivity index is 1.53. The van der Waals surface area contributed by atoms with Crippen LogP contribution in [0.5, 0.6) is 5.75 Å². The van der Waals surface area contributed by atoms with Crippen LogP contribution in [0.2, 0.25) is 0 Å². The number of rotatable bonds is 7. The number of carbonyl (C=O) groups excluding carboxylic acids is 1. The van der Waals surface area contributed by atoms with E-state index in [1.807, 2.05) is 48.5 Å². The Morgan fingerprint density at radius 2 is 1.86 bits per heavy atom. The highest BCUT2D eigenvalue weighted by Gasteiger charge is 2.19. The van der Waals surface area contributed by atoms with Gasteiger partial charge in [0.05, 0.1) is 12.3 Å². The number of carbonyl (C=O) groups is 1. The molecule has 0 radical (unpaired) electrons. The highest BCUT2D eigenvalue weighted by Crippen LogP contribution is 2.15. The van der Waals surface area contributed by atoms with E-state index in [1.54, 1.807) is 24.3 Å². The zero-order valence-corrected chi connectivity index (χ0v) is 16.1. The summed E-state index contributed by atoms with van der Waals surface area (Å²) in [5, 5.41) is 13.2. The van der Waals surface area contributed by atoms with Crippen molar-refractivity contribution >= 4 is 12.1 Å². The lowest BCUT2D eigenvalue weighted by atomic mass is 10.0. The molecule has 0 heterocycles. The van der Waals surface area contributed by atoms with Crippen LogP contribution in [0.15, 0.2) is 84.0 Å². The lowest BCUT2D eigenvalue weighted by Crippen LogP contribution is -2.24. The zero-order chi connectivity index (χ0) is 20.5. The summed E-state index contributed by atoms with van der Waals surface area (Å²) in [6.45, 7) is 2.55. The Morgan fingerprint density at radius 3 is 2.55 bits per heavy atom. The second-order valence-corrected chi connectivity index (χ2v) is 6.55. The number of hydrazone groups is 1. The van der Waals surface area contributed by atoms with Crippen molar-refractivity contribution in [2.24, 2.45) is 5.10 Å². The summed E-state index contributed by atoms with van der Waals surface area (Å²) in [6.07, 6.45) is 1.53. The van der Waals surface area contributed by atoms with Gasteiger partial charge in [-0.15, -0.1) is 0 Å². The predicted octanol–water partition coefficient (Wildman–Crippen LogP) is 4.33. The summed E-state index contributed by atoms with van der Waals surface area (Å²) < 4.78 is 5.79. The molecule has 5 heteroatoms. The summed E-state index contributed by atoms with van der Waals surface area (Å²) in [6, 6.07) is 26.5. The molecule has 0 saturated heterocycles. The highest BCUT2D eigenvalue weighted by molar-refractivity contribution is 5.88. The number of nitrogens with one attached hydrogen (secondary N) is 1. The van der Waals surface area contributed by atoms with Crippen LogP contribution in [0.4, 0.5) is 0 Å². The fraction of sp³-hybridized carbons (Fsp3) is 0.125. The minimum atomic E-state index is -0.897. The zero-order valence-electron chi connectivity index (χ0n) is 16.1. The molecular formula is C24H21N3O2. The van der Waals surface area contributed by atoms with Crippen LogP contribution < -0.4 is 10.2 Å². The first-order valence-corrected chi connectivity index (χ1v) is 9.21. The van der Waals surface area contributed by atoms with Crippen molar-refractivity contribution in [3.63, 3.8) is 0 Å². The van der Waals surface area contributed by atoms with Gasteiger partial charge in [-0.2, -0.15) is 10.4 Å².